The maximum atomic E-state index is 13.3. The van der Waals surface area contributed by atoms with Crippen molar-refractivity contribution < 1.29 is 9.18 Å². The first-order chi connectivity index (χ1) is 16.4. The molecule has 3 heterocycles. The number of fused-ring (bicyclic) bond motifs is 2. The van der Waals surface area contributed by atoms with E-state index in [1.54, 1.807) is 6.07 Å². The molecule has 1 amide bonds. The number of carbonyl (C=O) groups is 1. The van der Waals surface area contributed by atoms with Gasteiger partial charge in [-0.25, -0.2) is 23.3 Å². The van der Waals surface area contributed by atoms with E-state index in [1.165, 1.54) is 33.7 Å². The third-order valence-corrected chi connectivity index (χ3v) is 6.15. The molecule has 5 rings (SSSR count). The zero-order valence-electron chi connectivity index (χ0n) is 18.5. The van der Waals surface area contributed by atoms with Gasteiger partial charge in [0.1, 0.15) is 12.4 Å². The van der Waals surface area contributed by atoms with Crippen LogP contribution in [0.3, 0.4) is 0 Å². The fourth-order valence-electron chi connectivity index (χ4n) is 4.16. The minimum atomic E-state index is -0.523. The lowest BCUT2D eigenvalue weighted by atomic mass is 10.0. The number of aromatic nitrogens is 4. The molecule has 0 aliphatic carbocycles. The lowest BCUT2D eigenvalue weighted by Gasteiger charge is -2.29. The van der Waals surface area contributed by atoms with Crippen LogP contribution < -0.4 is 15.9 Å². The minimum Gasteiger partial charge on any atom is -0.350 e. The number of nitrogens with one attached hydrogen (secondary N) is 1. The third kappa shape index (κ3) is 4.26. The summed E-state index contributed by atoms with van der Waals surface area (Å²) in [5.41, 5.74) is 3.88. The summed E-state index contributed by atoms with van der Waals surface area (Å²) in [6.07, 6.45) is 0.853. The van der Waals surface area contributed by atoms with Gasteiger partial charge in [0.25, 0.3) is 0 Å². The summed E-state index contributed by atoms with van der Waals surface area (Å²) >= 11 is 5.79. The number of amides is 1. The molecule has 1 aliphatic heterocycles. The van der Waals surface area contributed by atoms with Crippen LogP contribution >= 0.6 is 11.6 Å². The summed E-state index contributed by atoms with van der Waals surface area (Å²) in [6.45, 7) is 3.11. The van der Waals surface area contributed by atoms with E-state index < -0.39 is 17.4 Å². The van der Waals surface area contributed by atoms with Crippen LogP contribution in [0, 0.1) is 12.7 Å². The second-order valence-electron chi connectivity index (χ2n) is 8.30. The summed E-state index contributed by atoms with van der Waals surface area (Å²) in [5, 5.41) is 7.06. The normalized spacial score (nSPS) is 13.2. The molecular weight excluding hydrogens is 459 g/mol. The molecule has 174 valence electrons. The first-order valence-corrected chi connectivity index (χ1v) is 11.3. The number of anilines is 1. The Bertz CT molecular complexity index is 1460. The van der Waals surface area contributed by atoms with E-state index in [1.807, 2.05) is 19.1 Å². The largest absolute Gasteiger partial charge is 0.353 e. The fraction of sp³-hybridized carbons (Fsp3) is 0.250. The van der Waals surface area contributed by atoms with Crippen molar-refractivity contribution in [1.82, 2.24) is 24.5 Å². The molecule has 10 heteroatoms. The van der Waals surface area contributed by atoms with Crippen molar-refractivity contribution in [2.45, 2.75) is 33.0 Å². The van der Waals surface area contributed by atoms with Gasteiger partial charge in [-0.1, -0.05) is 41.9 Å². The molecule has 1 N–H and O–H groups in total. The van der Waals surface area contributed by atoms with Crippen molar-refractivity contribution in [2.75, 3.05) is 11.4 Å². The van der Waals surface area contributed by atoms with Gasteiger partial charge in [-0.2, -0.15) is 0 Å². The predicted molar refractivity (Wildman–Crippen MR) is 126 cm³/mol. The fourth-order valence-corrected chi connectivity index (χ4v) is 4.36. The highest BCUT2D eigenvalue weighted by Crippen LogP contribution is 2.23. The highest BCUT2D eigenvalue weighted by atomic mass is 35.5. The van der Waals surface area contributed by atoms with Crippen molar-refractivity contribution >= 4 is 29.1 Å². The number of hydrogen-bond acceptors (Lipinski definition) is 5. The third-order valence-electron chi connectivity index (χ3n) is 5.86. The second-order valence-corrected chi connectivity index (χ2v) is 8.70. The van der Waals surface area contributed by atoms with Crippen LogP contribution in [0.4, 0.5) is 10.3 Å². The molecule has 0 fully saturated rings. The molecule has 0 bridgehead atoms. The number of carbonyl (C=O) groups excluding carboxylic acids is 1. The molecule has 8 nitrogen and oxygen atoms in total. The monoisotopic (exact) mass is 480 g/mol. The molecule has 2 aromatic heterocycles. The number of benzene rings is 2. The van der Waals surface area contributed by atoms with Crippen molar-refractivity contribution in [3.63, 3.8) is 0 Å². The molecule has 4 aromatic rings. The lowest BCUT2D eigenvalue weighted by molar-refractivity contribution is -0.122. The maximum absolute atomic E-state index is 13.3. The van der Waals surface area contributed by atoms with Gasteiger partial charge in [0.2, 0.25) is 11.9 Å². The van der Waals surface area contributed by atoms with Crippen LogP contribution in [0.1, 0.15) is 22.4 Å². The van der Waals surface area contributed by atoms with Gasteiger partial charge in [-0.3, -0.25) is 4.79 Å². The Morgan fingerprint density at radius 3 is 2.76 bits per heavy atom. The standard InChI is InChI=1S/C24H22ClFN6O2/c1-15-10-21-29-31(14-22(33)27-12-16-6-7-20(26)19(25)11-16)24(34)32(21)23(28-15)30-9-8-17-4-2-3-5-18(17)13-30/h2-7,10-11H,8-9,12-14H2,1H3,(H,27,33). The summed E-state index contributed by atoms with van der Waals surface area (Å²) in [6, 6.07) is 14.2. The number of aryl methyl sites for hydroxylation is 1. The minimum absolute atomic E-state index is 0.0148. The second kappa shape index (κ2) is 8.90. The van der Waals surface area contributed by atoms with E-state index in [4.69, 9.17) is 11.6 Å². The van der Waals surface area contributed by atoms with E-state index in [0.717, 1.165) is 23.3 Å². The van der Waals surface area contributed by atoms with Crippen LogP contribution in [0.5, 0.6) is 0 Å². The number of rotatable bonds is 5. The van der Waals surface area contributed by atoms with Crippen molar-refractivity contribution in [2.24, 2.45) is 0 Å². The van der Waals surface area contributed by atoms with E-state index >= 15 is 0 Å². The molecule has 0 saturated carbocycles. The summed E-state index contributed by atoms with van der Waals surface area (Å²) in [7, 11) is 0. The van der Waals surface area contributed by atoms with E-state index in [-0.39, 0.29) is 18.1 Å². The Kier molecular flexibility index (Phi) is 5.79. The van der Waals surface area contributed by atoms with E-state index in [0.29, 0.717) is 23.7 Å². The Morgan fingerprint density at radius 1 is 1.18 bits per heavy atom. The van der Waals surface area contributed by atoms with Crippen LogP contribution in [0.2, 0.25) is 5.02 Å². The Morgan fingerprint density at radius 2 is 1.97 bits per heavy atom. The number of hydrogen-bond donors (Lipinski definition) is 1. The lowest BCUT2D eigenvalue weighted by Crippen LogP contribution is -2.36. The molecule has 0 radical (unpaired) electrons. The first kappa shape index (κ1) is 22.1. The van der Waals surface area contributed by atoms with Gasteiger partial charge in [0.05, 0.1) is 5.02 Å². The summed E-state index contributed by atoms with van der Waals surface area (Å²) in [5.74, 6) is -0.406. The van der Waals surface area contributed by atoms with Crippen molar-refractivity contribution in [1.29, 1.82) is 0 Å². The Balaban J connectivity index is 1.38. The molecule has 34 heavy (non-hydrogen) atoms. The molecule has 0 spiro atoms. The van der Waals surface area contributed by atoms with Gasteiger partial charge in [-0.15, -0.1) is 5.10 Å². The van der Waals surface area contributed by atoms with Gasteiger partial charge >= 0.3 is 5.69 Å². The Labute approximate surface area is 199 Å². The van der Waals surface area contributed by atoms with E-state index in [2.05, 4.69) is 32.4 Å². The maximum Gasteiger partial charge on any atom is 0.353 e. The first-order valence-electron chi connectivity index (χ1n) is 10.9. The van der Waals surface area contributed by atoms with Gasteiger partial charge in [0.15, 0.2) is 5.65 Å². The van der Waals surface area contributed by atoms with Crippen molar-refractivity contribution in [3.8, 4) is 0 Å². The zero-order valence-corrected chi connectivity index (χ0v) is 19.2. The SMILES string of the molecule is Cc1cc2nn(CC(=O)NCc3ccc(F)c(Cl)c3)c(=O)n2c(N2CCc3ccccc3C2)n1. The average molecular weight is 481 g/mol. The Hall–Kier alpha value is -3.72. The highest BCUT2D eigenvalue weighted by molar-refractivity contribution is 6.30. The zero-order chi connectivity index (χ0) is 23.8. The van der Waals surface area contributed by atoms with E-state index in [9.17, 15) is 14.0 Å². The predicted octanol–water partition coefficient (Wildman–Crippen LogP) is 2.87. The molecule has 0 unspecified atom stereocenters. The topological polar surface area (TPSA) is 84.5 Å². The van der Waals surface area contributed by atoms with Gasteiger partial charge in [0, 0.05) is 31.4 Å². The summed E-state index contributed by atoms with van der Waals surface area (Å²) in [4.78, 5) is 32.4. The van der Waals surface area contributed by atoms with Crippen LogP contribution in [0.15, 0.2) is 53.3 Å². The number of halogens is 2. The molecule has 0 saturated heterocycles. The van der Waals surface area contributed by atoms with Crippen molar-refractivity contribution in [3.05, 3.63) is 92.2 Å². The van der Waals surface area contributed by atoms with Gasteiger partial charge in [-0.05, 0) is 42.2 Å². The van der Waals surface area contributed by atoms with Crippen LogP contribution in [-0.2, 0) is 30.8 Å². The highest BCUT2D eigenvalue weighted by Gasteiger charge is 2.22. The molecule has 1 aliphatic rings. The average Bonchev–Trinajstić information content (AvgIpc) is 3.13. The quantitative estimate of drug-likeness (QED) is 0.475. The smallest absolute Gasteiger partial charge is 0.350 e. The summed E-state index contributed by atoms with van der Waals surface area (Å²) < 4.78 is 15.9. The van der Waals surface area contributed by atoms with Crippen LogP contribution in [-0.4, -0.2) is 31.6 Å². The molecule has 2 aromatic carbocycles. The van der Waals surface area contributed by atoms with Crippen LogP contribution in [0.25, 0.3) is 5.65 Å². The molecule has 0 atom stereocenters. The molecular formula is C24H22ClFN6O2. The van der Waals surface area contributed by atoms with Gasteiger partial charge < -0.3 is 10.2 Å². The number of nitrogens with zero attached hydrogens (tertiary/aromatic N) is 5.